The molecule has 3 N–H and O–H groups in total. The molecule has 4 rings (SSSR count). The minimum absolute atomic E-state index is 0.0789. The van der Waals surface area contributed by atoms with Gasteiger partial charge >= 0.3 is 0 Å². The molecule has 3 heterocycles. The number of aliphatic hydroxyl groups is 1. The second kappa shape index (κ2) is 9.30. The molecule has 3 fully saturated rings. The van der Waals surface area contributed by atoms with E-state index in [2.05, 4.69) is 10.6 Å². The summed E-state index contributed by atoms with van der Waals surface area (Å²) >= 11 is 0. The van der Waals surface area contributed by atoms with Crippen molar-refractivity contribution in [2.24, 2.45) is 17.8 Å². The number of nitrogens with one attached hydrogen (secondary N) is 2. The zero-order valence-corrected chi connectivity index (χ0v) is 20.8. The van der Waals surface area contributed by atoms with Gasteiger partial charge < -0.3 is 25.4 Å². The van der Waals surface area contributed by atoms with Gasteiger partial charge in [-0.25, -0.2) is 0 Å². The van der Waals surface area contributed by atoms with Crippen LogP contribution in [0.1, 0.15) is 51.2 Å². The summed E-state index contributed by atoms with van der Waals surface area (Å²) in [6.07, 6.45) is 1.57. The number of benzene rings is 1. The van der Waals surface area contributed by atoms with Crippen LogP contribution in [0.25, 0.3) is 0 Å². The minimum Gasteiger partial charge on any atom is -0.394 e. The van der Waals surface area contributed by atoms with E-state index in [9.17, 15) is 19.5 Å². The van der Waals surface area contributed by atoms with E-state index < -0.39 is 29.5 Å². The lowest BCUT2D eigenvalue weighted by molar-refractivity contribution is -0.145. The Labute approximate surface area is 201 Å². The average molecular weight is 472 g/mol. The Bertz CT molecular complexity index is 979. The maximum atomic E-state index is 13.9. The maximum absolute atomic E-state index is 13.9. The molecule has 1 aromatic carbocycles. The fourth-order valence-corrected chi connectivity index (χ4v) is 6.11. The number of amides is 3. The van der Waals surface area contributed by atoms with Gasteiger partial charge in [0.2, 0.25) is 17.7 Å². The highest BCUT2D eigenvalue weighted by atomic mass is 16.5. The quantitative estimate of drug-likeness (QED) is 0.539. The Morgan fingerprint density at radius 1 is 1.26 bits per heavy atom. The molecule has 0 aliphatic carbocycles. The number of carbonyl (C=O) groups is 3. The predicted molar refractivity (Wildman–Crippen MR) is 128 cm³/mol. The molecule has 3 amide bonds. The maximum Gasteiger partial charge on any atom is 0.250 e. The Hall–Kier alpha value is -2.45. The lowest BCUT2D eigenvalue weighted by Crippen LogP contribution is -2.57. The molecule has 8 nitrogen and oxygen atoms in total. The molecule has 0 radical (unpaired) electrons. The topological polar surface area (TPSA) is 108 Å². The van der Waals surface area contributed by atoms with Crippen molar-refractivity contribution < 1.29 is 24.2 Å². The number of nitrogens with zero attached hydrogens (tertiary/aromatic N) is 1. The Balaban J connectivity index is 1.75. The first-order valence-electron chi connectivity index (χ1n) is 12.4. The number of aryl methyl sites for hydroxylation is 2. The van der Waals surface area contributed by atoms with E-state index >= 15 is 0 Å². The number of fused-ring (bicyclic) bond motifs is 1. The van der Waals surface area contributed by atoms with Crippen molar-refractivity contribution in [2.45, 2.75) is 77.7 Å². The largest absolute Gasteiger partial charge is 0.394 e. The number of carbonyl (C=O) groups excluding carboxylic acids is 3. The number of hydrogen-bond acceptors (Lipinski definition) is 5. The Morgan fingerprint density at radius 2 is 2.00 bits per heavy atom. The highest BCUT2D eigenvalue weighted by molar-refractivity contribution is 6.04. The fourth-order valence-electron chi connectivity index (χ4n) is 6.11. The standard InChI is InChI=1S/C26H37N3O5/c1-6-11-27-23(31)20-19-9-10-26(34-19)21(20)25(33)29(18(13-30)14(2)3)22(26)24(32)28-17-12-15(4)7-8-16(17)5/h7-8,12,14,18-22,30H,6,9-11,13H2,1-5H3,(H,27,31)(H,28,32)/t18-,19-,20+,21-,22?,26?/m0/s1. The van der Waals surface area contributed by atoms with Crippen molar-refractivity contribution in [2.75, 3.05) is 18.5 Å². The summed E-state index contributed by atoms with van der Waals surface area (Å²) in [6.45, 7) is 9.95. The molecule has 1 spiro atoms. The smallest absolute Gasteiger partial charge is 0.250 e. The van der Waals surface area contributed by atoms with Gasteiger partial charge in [0.1, 0.15) is 11.6 Å². The van der Waals surface area contributed by atoms with Gasteiger partial charge in [-0.05, 0) is 56.2 Å². The van der Waals surface area contributed by atoms with Crippen LogP contribution < -0.4 is 10.6 Å². The van der Waals surface area contributed by atoms with E-state index in [1.807, 2.05) is 52.8 Å². The molecule has 2 unspecified atom stereocenters. The summed E-state index contributed by atoms with van der Waals surface area (Å²) in [5.41, 5.74) is 1.55. The SMILES string of the molecule is CCCNC(=O)[C@@H]1[C@@H]2CCC3(O2)C(C(=O)Nc2cc(C)ccc2C)N([C@@H](CO)C(C)C)C(=O)[C@H]13. The summed E-state index contributed by atoms with van der Waals surface area (Å²) in [4.78, 5) is 42.4. The molecule has 0 aromatic heterocycles. The van der Waals surface area contributed by atoms with Gasteiger partial charge in [0.15, 0.2) is 0 Å². The fraction of sp³-hybridized carbons (Fsp3) is 0.654. The number of hydrogen-bond donors (Lipinski definition) is 3. The molecule has 3 aliphatic rings. The summed E-state index contributed by atoms with van der Waals surface area (Å²) < 4.78 is 6.43. The first-order valence-corrected chi connectivity index (χ1v) is 12.4. The van der Waals surface area contributed by atoms with Gasteiger partial charge in [-0.15, -0.1) is 0 Å². The second-order valence-corrected chi connectivity index (χ2v) is 10.4. The van der Waals surface area contributed by atoms with Gasteiger partial charge in [-0.1, -0.05) is 32.9 Å². The highest BCUT2D eigenvalue weighted by Gasteiger charge is 2.75. The molecule has 0 saturated carbocycles. The summed E-state index contributed by atoms with van der Waals surface area (Å²) in [7, 11) is 0. The highest BCUT2D eigenvalue weighted by Crippen LogP contribution is 2.59. The van der Waals surface area contributed by atoms with E-state index in [-0.39, 0.29) is 36.4 Å². The normalized spacial score (nSPS) is 30.6. The van der Waals surface area contributed by atoms with Gasteiger partial charge in [0.25, 0.3) is 0 Å². The van der Waals surface area contributed by atoms with E-state index in [1.165, 1.54) is 4.90 Å². The predicted octanol–water partition coefficient (Wildman–Crippen LogP) is 2.16. The van der Waals surface area contributed by atoms with Crippen LogP contribution in [0.15, 0.2) is 18.2 Å². The lowest BCUT2D eigenvalue weighted by Gasteiger charge is -2.38. The third kappa shape index (κ3) is 3.81. The minimum atomic E-state index is -1.07. The second-order valence-electron chi connectivity index (χ2n) is 10.4. The van der Waals surface area contributed by atoms with Crippen LogP contribution in [0.5, 0.6) is 0 Å². The molecule has 6 atom stereocenters. The monoisotopic (exact) mass is 471 g/mol. The summed E-state index contributed by atoms with van der Waals surface area (Å²) in [6, 6.07) is 4.36. The van der Waals surface area contributed by atoms with Crippen LogP contribution in [0.3, 0.4) is 0 Å². The van der Waals surface area contributed by atoms with Crippen molar-refractivity contribution in [3.05, 3.63) is 29.3 Å². The van der Waals surface area contributed by atoms with Gasteiger partial charge in [0.05, 0.1) is 30.6 Å². The first-order chi connectivity index (χ1) is 16.2. The van der Waals surface area contributed by atoms with Crippen LogP contribution in [-0.2, 0) is 19.1 Å². The Kier molecular flexibility index (Phi) is 6.75. The Morgan fingerprint density at radius 3 is 2.65 bits per heavy atom. The van der Waals surface area contributed by atoms with E-state index in [0.717, 1.165) is 17.5 Å². The van der Waals surface area contributed by atoms with Crippen molar-refractivity contribution in [1.82, 2.24) is 10.2 Å². The van der Waals surface area contributed by atoms with Crippen LogP contribution in [0.4, 0.5) is 5.69 Å². The number of aliphatic hydroxyl groups excluding tert-OH is 1. The lowest BCUT2D eigenvalue weighted by atomic mass is 9.70. The van der Waals surface area contributed by atoms with E-state index in [0.29, 0.717) is 25.1 Å². The van der Waals surface area contributed by atoms with Gasteiger partial charge in [-0.3, -0.25) is 14.4 Å². The van der Waals surface area contributed by atoms with Crippen molar-refractivity contribution in [3.8, 4) is 0 Å². The number of anilines is 1. The van der Waals surface area contributed by atoms with Crippen molar-refractivity contribution in [3.63, 3.8) is 0 Å². The van der Waals surface area contributed by atoms with E-state index in [4.69, 9.17) is 4.74 Å². The van der Waals surface area contributed by atoms with Crippen LogP contribution in [-0.4, -0.2) is 64.7 Å². The molecule has 8 heteroatoms. The zero-order valence-electron chi connectivity index (χ0n) is 20.8. The zero-order chi connectivity index (χ0) is 24.8. The first kappa shape index (κ1) is 24.7. The van der Waals surface area contributed by atoms with Crippen molar-refractivity contribution >= 4 is 23.4 Å². The molecule has 3 aliphatic heterocycles. The molecular weight excluding hydrogens is 434 g/mol. The van der Waals surface area contributed by atoms with Gasteiger partial charge in [0, 0.05) is 12.2 Å². The van der Waals surface area contributed by atoms with Crippen LogP contribution >= 0.6 is 0 Å². The number of rotatable bonds is 8. The average Bonchev–Trinajstić information content (AvgIpc) is 3.43. The third-order valence-electron chi connectivity index (χ3n) is 7.80. The number of ether oxygens (including phenoxy) is 1. The third-order valence-corrected chi connectivity index (χ3v) is 7.80. The number of likely N-dealkylation sites (tertiary alicyclic amines) is 1. The molecule has 34 heavy (non-hydrogen) atoms. The molecule has 186 valence electrons. The molecule has 3 saturated heterocycles. The van der Waals surface area contributed by atoms with Crippen LogP contribution in [0.2, 0.25) is 0 Å². The summed E-state index contributed by atoms with van der Waals surface area (Å²) in [5.74, 6) is -2.23. The van der Waals surface area contributed by atoms with Crippen molar-refractivity contribution in [1.29, 1.82) is 0 Å². The summed E-state index contributed by atoms with van der Waals surface area (Å²) in [5, 5.41) is 16.2. The molecule has 2 bridgehead atoms. The molecular formula is C26H37N3O5. The van der Waals surface area contributed by atoms with E-state index in [1.54, 1.807) is 0 Å². The van der Waals surface area contributed by atoms with Gasteiger partial charge in [-0.2, -0.15) is 0 Å². The molecule has 1 aromatic rings. The van der Waals surface area contributed by atoms with Crippen LogP contribution in [0, 0.1) is 31.6 Å².